The standard InChI is InChI=1S/C11H13ClO/c12-7-10-4-2-1-3-9(10)5-6-11-8-13-11/h1-4,11H,5-8H2. The van der Waals surface area contributed by atoms with E-state index >= 15 is 0 Å². The van der Waals surface area contributed by atoms with Crippen LogP contribution in [0, 0.1) is 0 Å². The highest BCUT2D eigenvalue weighted by atomic mass is 35.5. The Morgan fingerprint density at radius 3 is 2.62 bits per heavy atom. The monoisotopic (exact) mass is 196 g/mol. The van der Waals surface area contributed by atoms with Crippen molar-refractivity contribution in [3.8, 4) is 0 Å². The molecule has 2 rings (SSSR count). The Morgan fingerprint density at radius 2 is 2.00 bits per heavy atom. The smallest absolute Gasteiger partial charge is 0.0813 e. The summed E-state index contributed by atoms with van der Waals surface area (Å²) in [7, 11) is 0. The minimum absolute atomic E-state index is 0.517. The Kier molecular flexibility index (Phi) is 2.87. The van der Waals surface area contributed by atoms with Crippen molar-refractivity contribution in [3.05, 3.63) is 35.4 Å². The minimum atomic E-state index is 0.517. The van der Waals surface area contributed by atoms with E-state index in [2.05, 4.69) is 18.2 Å². The Bertz CT molecular complexity index is 281. The van der Waals surface area contributed by atoms with Crippen molar-refractivity contribution < 1.29 is 4.74 Å². The molecule has 1 aliphatic rings. The summed E-state index contributed by atoms with van der Waals surface area (Å²) in [6.07, 6.45) is 2.74. The molecule has 1 nitrogen and oxygen atoms in total. The van der Waals surface area contributed by atoms with Crippen LogP contribution in [-0.2, 0) is 17.0 Å². The zero-order valence-corrected chi connectivity index (χ0v) is 8.26. The summed E-state index contributed by atoms with van der Waals surface area (Å²) in [6.45, 7) is 0.947. The molecule has 1 fully saturated rings. The number of ether oxygens (including phenoxy) is 1. The van der Waals surface area contributed by atoms with Gasteiger partial charge in [-0.15, -0.1) is 11.6 Å². The second kappa shape index (κ2) is 4.12. The lowest BCUT2D eigenvalue weighted by Gasteiger charge is -2.04. The van der Waals surface area contributed by atoms with Crippen molar-refractivity contribution in [2.45, 2.75) is 24.8 Å². The Hall–Kier alpha value is -0.530. The van der Waals surface area contributed by atoms with Gasteiger partial charge in [-0.3, -0.25) is 0 Å². The molecule has 13 heavy (non-hydrogen) atoms. The van der Waals surface area contributed by atoms with E-state index < -0.39 is 0 Å². The molecule has 1 atom stereocenters. The Balaban J connectivity index is 1.99. The van der Waals surface area contributed by atoms with Gasteiger partial charge in [0.15, 0.2) is 0 Å². The molecule has 1 heterocycles. The number of rotatable bonds is 4. The average Bonchev–Trinajstić information content (AvgIpc) is 2.99. The molecule has 1 aromatic rings. The predicted octanol–water partition coefficient (Wildman–Crippen LogP) is 2.76. The van der Waals surface area contributed by atoms with E-state index in [0.29, 0.717) is 12.0 Å². The third-order valence-electron chi connectivity index (χ3n) is 2.40. The summed E-state index contributed by atoms with van der Waals surface area (Å²) >= 11 is 5.83. The third kappa shape index (κ3) is 2.45. The van der Waals surface area contributed by atoms with Crippen molar-refractivity contribution in [2.24, 2.45) is 0 Å². The van der Waals surface area contributed by atoms with Gasteiger partial charge in [-0.25, -0.2) is 0 Å². The number of halogens is 1. The normalized spacial score (nSPS) is 20.2. The third-order valence-corrected chi connectivity index (χ3v) is 2.69. The van der Waals surface area contributed by atoms with E-state index in [1.165, 1.54) is 11.1 Å². The highest BCUT2D eigenvalue weighted by Gasteiger charge is 2.21. The average molecular weight is 197 g/mol. The van der Waals surface area contributed by atoms with Gasteiger partial charge in [-0.05, 0) is 24.0 Å². The van der Waals surface area contributed by atoms with Crippen LogP contribution in [0.5, 0.6) is 0 Å². The van der Waals surface area contributed by atoms with Gasteiger partial charge < -0.3 is 4.74 Å². The number of alkyl halides is 1. The van der Waals surface area contributed by atoms with Gasteiger partial charge in [0.25, 0.3) is 0 Å². The maximum absolute atomic E-state index is 5.83. The molecule has 0 amide bonds. The second-order valence-electron chi connectivity index (χ2n) is 3.40. The summed E-state index contributed by atoms with van der Waals surface area (Å²) in [6, 6.07) is 8.35. The molecule has 0 bridgehead atoms. The molecule has 70 valence electrons. The van der Waals surface area contributed by atoms with Crippen LogP contribution >= 0.6 is 11.6 Å². The molecule has 1 aliphatic heterocycles. The van der Waals surface area contributed by atoms with Gasteiger partial charge in [0.1, 0.15) is 0 Å². The predicted molar refractivity (Wildman–Crippen MR) is 54.1 cm³/mol. The van der Waals surface area contributed by atoms with Crippen LogP contribution in [0.25, 0.3) is 0 Å². The fourth-order valence-electron chi connectivity index (χ4n) is 1.48. The van der Waals surface area contributed by atoms with Crippen LogP contribution in [0.4, 0.5) is 0 Å². The lowest BCUT2D eigenvalue weighted by atomic mass is 10.0. The van der Waals surface area contributed by atoms with Gasteiger partial charge in [-0.1, -0.05) is 24.3 Å². The van der Waals surface area contributed by atoms with E-state index in [-0.39, 0.29) is 0 Å². The van der Waals surface area contributed by atoms with Crippen LogP contribution in [0.3, 0.4) is 0 Å². The van der Waals surface area contributed by atoms with Crippen molar-refractivity contribution in [2.75, 3.05) is 6.61 Å². The Morgan fingerprint density at radius 1 is 1.31 bits per heavy atom. The van der Waals surface area contributed by atoms with E-state index in [4.69, 9.17) is 16.3 Å². The molecule has 0 saturated carbocycles. The number of epoxide rings is 1. The molecule has 1 aromatic carbocycles. The lowest BCUT2D eigenvalue weighted by molar-refractivity contribution is 0.396. The summed E-state index contributed by atoms with van der Waals surface area (Å²) in [5, 5.41) is 0. The van der Waals surface area contributed by atoms with Crippen LogP contribution in [0.1, 0.15) is 17.5 Å². The molecule has 1 unspecified atom stereocenters. The zero-order chi connectivity index (χ0) is 9.10. The highest BCUT2D eigenvalue weighted by molar-refractivity contribution is 6.17. The van der Waals surface area contributed by atoms with Crippen molar-refractivity contribution in [1.82, 2.24) is 0 Å². The highest BCUT2D eigenvalue weighted by Crippen LogP contribution is 2.19. The summed E-state index contributed by atoms with van der Waals surface area (Å²) in [4.78, 5) is 0. The minimum Gasteiger partial charge on any atom is -0.373 e. The van der Waals surface area contributed by atoms with Crippen LogP contribution in [0.15, 0.2) is 24.3 Å². The molecule has 1 saturated heterocycles. The van der Waals surface area contributed by atoms with Crippen LogP contribution < -0.4 is 0 Å². The van der Waals surface area contributed by atoms with Crippen molar-refractivity contribution >= 4 is 11.6 Å². The van der Waals surface area contributed by atoms with Crippen LogP contribution in [0.2, 0.25) is 0 Å². The molecule has 0 aliphatic carbocycles. The molecular formula is C11H13ClO. The lowest BCUT2D eigenvalue weighted by Crippen LogP contribution is -1.95. The SMILES string of the molecule is ClCc1ccccc1CCC1CO1. The van der Waals surface area contributed by atoms with Crippen LogP contribution in [-0.4, -0.2) is 12.7 Å². The largest absolute Gasteiger partial charge is 0.373 e. The summed E-state index contributed by atoms with van der Waals surface area (Å²) in [5.74, 6) is 0.613. The van der Waals surface area contributed by atoms with Gasteiger partial charge >= 0.3 is 0 Å². The van der Waals surface area contributed by atoms with Crippen molar-refractivity contribution in [1.29, 1.82) is 0 Å². The van der Waals surface area contributed by atoms with E-state index in [1.54, 1.807) is 0 Å². The van der Waals surface area contributed by atoms with Gasteiger partial charge in [0.05, 0.1) is 12.7 Å². The van der Waals surface area contributed by atoms with Crippen molar-refractivity contribution in [3.63, 3.8) is 0 Å². The fourth-order valence-corrected chi connectivity index (χ4v) is 1.74. The first-order chi connectivity index (χ1) is 6.40. The number of benzene rings is 1. The Labute approximate surface area is 83.7 Å². The maximum atomic E-state index is 5.83. The number of aryl methyl sites for hydroxylation is 1. The first kappa shape index (κ1) is 9.04. The van der Waals surface area contributed by atoms with E-state index in [0.717, 1.165) is 19.4 Å². The molecule has 0 spiro atoms. The quantitative estimate of drug-likeness (QED) is 0.533. The zero-order valence-electron chi connectivity index (χ0n) is 7.50. The summed E-state index contributed by atoms with van der Waals surface area (Å²) in [5.41, 5.74) is 2.62. The number of hydrogen-bond acceptors (Lipinski definition) is 1. The summed E-state index contributed by atoms with van der Waals surface area (Å²) < 4.78 is 5.17. The molecule has 2 heteroatoms. The molecular weight excluding hydrogens is 184 g/mol. The number of hydrogen-bond donors (Lipinski definition) is 0. The van der Waals surface area contributed by atoms with E-state index in [9.17, 15) is 0 Å². The second-order valence-corrected chi connectivity index (χ2v) is 3.66. The topological polar surface area (TPSA) is 12.5 Å². The molecule has 0 aromatic heterocycles. The first-order valence-corrected chi connectivity index (χ1v) is 5.18. The van der Waals surface area contributed by atoms with E-state index in [1.807, 2.05) is 6.07 Å². The fraction of sp³-hybridized carbons (Fsp3) is 0.455. The first-order valence-electron chi connectivity index (χ1n) is 4.64. The van der Waals surface area contributed by atoms with Gasteiger partial charge in [0.2, 0.25) is 0 Å². The van der Waals surface area contributed by atoms with Gasteiger partial charge in [-0.2, -0.15) is 0 Å². The molecule has 0 N–H and O–H groups in total. The van der Waals surface area contributed by atoms with Gasteiger partial charge in [0, 0.05) is 5.88 Å². The molecule has 0 radical (unpaired) electrons. The maximum Gasteiger partial charge on any atom is 0.0813 e.